The van der Waals surface area contributed by atoms with Gasteiger partial charge in [-0.3, -0.25) is 0 Å². The summed E-state index contributed by atoms with van der Waals surface area (Å²) in [6.07, 6.45) is 6.82. The van der Waals surface area contributed by atoms with Crippen molar-refractivity contribution in [3.8, 4) is 0 Å². The number of nitrogens with two attached hydrogens (primary N) is 1. The highest BCUT2D eigenvalue weighted by Crippen LogP contribution is 2.28. The fourth-order valence-electron chi connectivity index (χ4n) is 3.12. The summed E-state index contributed by atoms with van der Waals surface area (Å²) in [5.41, 5.74) is 9.55. The Morgan fingerprint density at radius 3 is 2.83 bits per heavy atom. The van der Waals surface area contributed by atoms with Crippen molar-refractivity contribution < 1.29 is 0 Å². The Kier molecular flexibility index (Phi) is 2.98. The molecule has 0 bridgehead atoms. The summed E-state index contributed by atoms with van der Waals surface area (Å²) in [4.78, 5) is 4.52. The van der Waals surface area contributed by atoms with Gasteiger partial charge in [-0.2, -0.15) is 0 Å². The van der Waals surface area contributed by atoms with E-state index in [0.717, 1.165) is 18.0 Å². The highest BCUT2D eigenvalue weighted by atomic mass is 15.2. The third-order valence-corrected chi connectivity index (χ3v) is 4.18. The lowest BCUT2D eigenvalue weighted by Gasteiger charge is -2.22. The van der Waals surface area contributed by atoms with E-state index in [1.165, 1.54) is 43.2 Å². The van der Waals surface area contributed by atoms with Gasteiger partial charge in [0.15, 0.2) is 0 Å². The summed E-state index contributed by atoms with van der Waals surface area (Å²) < 4.78 is 2.21. The van der Waals surface area contributed by atoms with Crippen LogP contribution in [0.15, 0.2) is 18.2 Å². The first-order valence-electron chi connectivity index (χ1n) is 6.97. The molecule has 0 aliphatic heterocycles. The van der Waals surface area contributed by atoms with E-state index in [4.69, 9.17) is 5.73 Å². The zero-order chi connectivity index (χ0) is 12.5. The number of hydrogen-bond acceptors (Lipinski definition) is 2. The van der Waals surface area contributed by atoms with Gasteiger partial charge in [0.25, 0.3) is 0 Å². The maximum atomic E-state index is 6.09. The van der Waals surface area contributed by atoms with Gasteiger partial charge in [0.2, 0.25) is 5.95 Å². The number of fused-ring (bicyclic) bond motifs is 1. The zero-order valence-corrected chi connectivity index (χ0v) is 11.0. The van der Waals surface area contributed by atoms with Gasteiger partial charge in [-0.05, 0) is 37.3 Å². The second-order valence-corrected chi connectivity index (χ2v) is 5.53. The lowest BCUT2D eigenvalue weighted by molar-refractivity contribution is 0.323. The first kappa shape index (κ1) is 11.6. The Morgan fingerprint density at radius 1 is 1.28 bits per heavy atom. The van der Waals surface area contributed by atoms with Crippen molar-refractivity contribution in [3.05, 3.63) is 23.8 Å². The van der Waals surface area contributed by atoms with Crippen LogP contribution in [0.3, 0.4) is 0 Å². The van der Waals surface area contributed by atoms with Crippen LogP contribution in [-0.2, 0) is 6.54 Å². The first-order chi connectivity index (χ1) is 8.75. The number of benzene rings is 1. The van der Waals surface area contributed by atoms with Crippen LogP contribution < -0.4 is 5.73 Å². The van der Waals surface area contributed by atoms with Crippen molar-refractivity contribution in [1.82, 2.24) is 9.55 Å². The van der Waals surface area contributed by atoms with E-state index < -0.39 is 0 Å². The molecule has 0 radical (unpaired) electrons. The third-order valence-electron chi connectivity index (χ3n) is 4.18. The Hall–Kier alpha value is -1.51. The molecule has 3 heteroatoms. The van der Waals surface area contributed by atoms with Crippen molar-refractivity contribution in [3.63, 3.8) is 0 Å². The number of nitrogen functional groups attached to an aromatic ring is 1. The average molecular weight is 243 g/mol. The third kappa shape index (κ3) is 1.98. The SMILES string of the molecule is Cc1cccc2c1nc(N)n2CC1CCCCC1. The molecule has 2 N–H and O–H groups in total. The van der Waals surface area contributed by atoms with Gasteiger partial charge in [-0.1, -0.05) is 31.4 Å². The van der Waals surface area contributed by atoms with E-state index in [1.807, 2.05) is 0 Å². The summed E-state index contributed by atoms with van der Waals surface area (Å²) in [7, 11) is 0. The number of anilines is 1. The Labute approximate surface area is 108 Å². The standard InChI is InChI=1S/C15H21N3/c1-11-6-5-9-13-14(11)17-15(16)18(13)10-12-7-3-2-4-8-12/h5-6,9,12H,2-4,7-8,10H2,1H3,(H2,16,17). The van der Waals surface area contributed by atoms with E-state index in [-0.39, 0.29) is 0 Å². The van der Waals surface area contributed by atoms with Crippen LogP contribution in [0.1, 0.15) is 37.7 Å². The molecule has 3 rings (SSSR count). The van der Waals surface area contributed by atoms with Gasteiger partial charge in [0, 0.05) is 6.54 Å². The predicted octanol–water partition coefficient (Wildman–Crippen LogP) is 3.51. The number of hydrogen-bond donors (Lipinski definition) is 1. The summed E-state index contributed by atoms with van der Waals surface area (Å²) in [5, 5.41) is 0. The topological polar surface area (TPSA) is 43.8 Å². The van der Waals surface area contributed by atoms with Gasteiger partial charge in [0.1, 0.15) is 0 Å². The number of imidazole rings is 1. The molecule has 96 valence electrons. The monoisotopic (exact) mass is 243 g/mol. The van der Waals surface area contributed by atoms with E-state index in [1.54, 1.807) is 0 Å². The molecule has 0 amide bonds. The Balaban J connectivity index is 1.95. The molecule has 1 aromatic carbocycles. The van der Waals surface area contributed by atoms with Crippen molar-refractivity contribution in [1.29, 1.82) is 0 Å². The van der Waals surface area contributed by atoms with Gasteiger partial charge in [0.05, 0.1) is 11.0 Å². The number of rotatable bonds is 2. The van der Waals surface area contributed by atoms with Crippen molar-refractivity contribution in [2.24, 2.45) is 5.92 Å². The molecule has 2 aromatic rings. The largest absolute Gasteiger partial charge is 0.369 e. The van der Waals surface area contributed by atoms with Crippen LogP contribution in [0, 0.1) is 12.8 Å². The van der Waals surface area contributed by atoms with Crippen LogP contribution >= 0.6 is 0 Å². The lowest BCUT2D eigenvalue weighted by atomic mass is 9.89. The summed E-state index contributed by atoms with van der Waals surface area (Å²) >= 11 is 0. The smallest absolute Gasteiger partial charge is 0.201 e. The highest BCUT2D eigenvalue weighted by molar-refractivity contribution is 5.81. The van der Waals surface area contributed by atoms with Crippen LogP contribution in [0.5, 0.6) is 0 Å². The van der Waals surface area contributed by atoms with Crippen molar-refractivity contribution >= 4 is 17.0 Å². The fourth-order valence-corrected chi connectivity index (χ4v) is 3.12. The second kappa shape index (κ2) is 4.63. The quantitative estimate of drug-likeness (QED) is 0.877. The summed E-state index contributed by atoms with van der Waals surface area (Å²) in [6.45, 7) is 3.13. The van der Waals surface area contributed by atoms with Crippen molar-refractivity contribution in [2.75, 3.05) is 5.73 Å². The fraction of sp³-hybridized carbons (Fsp3) is 0.533. The molecular weight excluding hydrogens is 222 g/mol. The minimum Gasteiger partial charge on any atom is -0.369 e. The van der Waals surface area contributed by atoms with Gasteiger partial charge >= 0.3 is 0 Å². The molecule has 1 saturated carbocycles. The molecule has 1 aliphatic carbocycles. The highest BCUT2D eigenvalue weighted by Gasteiger charge is 2.17. The zero-order valence-electron chi connectivity index (χ0n) is 11.0. The Bertz CT molecular complexity index is 550. The minimum atomic E-state index is 0.671. The average Bonchev–Trinajstić information content (AvgIpc) is 2.70. The predicted molar refractivity (Wildman–Crippen MR) is 75.5 cm³/mol. The van der Waals surface area contributed by atoms with Crippen LogP contribution in [0.25, 0.3) is 11.0 Å². The molecule has 0 saturated heterocycles. The summed E-state index contributed by atoms with van der Waals surface area (Å²) in [6, 6.07) is 6.32. The van der Waals surface area contributed by atoms with E-state index in [2.05, 4.69) is 34.7 Å². The number of aromatic nitrogens is 2. The molecule has 0 unspecified atom stereocenters. The number of para-hydroxylation sites is 1. The van der Waals surface area contributed by atoms with Gasteiger partial charge in [-0.25, -0.2) is 4.98 Å². The van der Waals surface area contributed by atoms with E-state index in [0.29, 0.717) is 5.95 Å². The molecule has 0 atom stereocenters. The number of aryl methyl sites for hydroxylation is 1. The maximum absolute atomic E-state index is 6.09. The molecule has 1 fully saturated rings. The molecule has 1 heterocycles. The molecule has 0 spiro atoms. The van der Waals surface area contributed by atoms with Crippen LogP contribution in [0.4, 0.5) is 5.95 Å². The lowest BCUT2D eigenvalue weighted by Crippen LogP contribution is -2.15. The molecule has 1 aromatic heterocycles. The molecule has 3 nitrogen and oxygen atoms in total. The van der Waals surface area contributed by atoms with Crippen molar-refractivity contribution in [2.45, 2.75) is 45.6 Å². The Morgan fingerprint density at radius 2 is 2.06 bits per heavy atom. The van der Waals surface area contributed by atoms with Gasteiger partial charge in [-0.15, -0.1) is 0 Å². The van der Waals surface area contributed by atoms with Gasteiger partial charge < -0.3 is 10.3 Å². The minimum absolute atomic E-state index is 0.671. The molecule has 18 heavy (non-hydrogen) atoms. The molecule has 1 aliphatic rings. The number of nitrogens with zero attached hydrogens (tertiary/aromatic N) is 2. The van der Waals surface area contributed by atoms with E-state index in [9.17, 15) is 0 Å². The maximum Gasteiger partial charge on any atom is 0.201 e. The van der Waals surface area contributed by atoms with Crippen LogP contribution in [0.2, 0.25) is 0 Å². The molecular formula is C15H21N3. The van der Waals surface area contributed by atoms with E-state index >= 15 is 0 Å². The second-order valence-electron chi connectivity index (χ2n) is 5.53. The normalized spacial score (nSPS) is 17.4. The van der Waals surface area contributed by atoms with Crippen LogP contribution in [-0.4, -0.2) is 9.55 Å². The summed E-state index contributed by atoms with van der Waals surface area (Å²) in [5.74, 6) is 1.45. The first-order valence-corrected chi connectivity index (χ1v) is 6.97.